The lowest BCUT2D eigenvalue weighted by Gasteiger charge is -2.17. The van der Waals surface area contributed by atoms with E-state index in [1.54, 1.807) is 0 Å². The molecule has 0 rings (SSSR count). The summed E-state index contributed by atoms with van der Waals surface area (Å²) in [6.07, 6.45) is 13.0. The highest BCUT2D eigenvalue weighted by Crippen LogP contribution is 2.22. The second-order valence-corrected chi connectivity index (χ2v) is 6.32. The summed E-state index contributed by atoms with van der Waals surface area (Å²) < 4.78 is 5.27. The van der Waals surface area contributed by atoms with Crippen molar-refractivity contribution >= 4 is 5.97 Å². The maximum atomic E-state index is 11.4. The van der Waals surface area contributed by atoms with Crippen molar-refractivity contribution in [3.05, 3.63) is 0 Å². The largest absolute Gasteiger partial charge is 0.465 e. The quantitative estimate of drug-likeness (QED) is 0.318. The number of carbonyl (C=O) groups is 1. The van der Waals surface area contributed by atoms with Gasteiger partial charge in [-0.2, -0.15) is 0 Å². The molecule has 20 heavy (non-hydrogen) atoms. The maximum Gasteiger partial charge on any atom is 0.308 e. The van der Waals surface area contributed by atoms with Crippen LogP contribution in [0.15, 0.2) is 0 Å². The zero-order valence-corrected chi connectivity index (χ0v) is 14.2. The third-order valence-electron chi connectivity index (χ3n) is 3.90. The van der Waals surface area contributed by atoms with Crippen molar-refractivity contribution in [3.8, 4) is 0 Å². The summed E-state index contributed by atoms with van der Waals surface area (Å²) in [5, 5.41) is 0. The number of hydrogen-bond donors (Lipinski definition) is 0. The highest BCUT2D eigenvalue weighted by molar-refractivity contribution is 5.71. The van der Waals surface area contributed by atoms with Gasteiger partial charge in [0.25, 0.3) is 0 Å². The van der Waals surface area contributed by atoms with E-state index in [4.69, 9.17) is 4.74 Å². The molecule has 0 heterocycles. The molecule has 0 bridgehead atoms. The molecule has 0 amide bonds. The Kier molecular flexibility index (Phi) is 13.1. The van der Waals surface area contributed by atoms with Gasteiger partial charge in [-0.05, 0) is 18.8 Å². The molecule has 0 aliphatic carbocycles. The Hall–Kier alpha value is -0.530. The smallest absolute Gasteiger partial charge is 0.308 e. The molecule has 0 fully saturated rings. The summed E-state index contributed by atoms with van der Waals surface area (Å²) >= 11 is 0. The summed E-state index contributed by atoms with van der Waals surface area (Å²) in [6.45, 7) is 8.91. The predicted molar refractivity (Wildman–Crippen MR) is 86.8 cm³/mol. The van der Waals surface area contributed by atoms with Crippen molar-refractivity contribution < 1.29 is 9.53 Å². The van der Waals surface area contributed by atoms with Crippen LogP contribution in [0.4, 0.5) is 0 Å². The molecule has 0 saturated heterocycles. The van der Waals surface area contributed by atoms with Gasteiger partial charge >= 0.3 is 5.97 Å². The van der Waals surface area contributed by atoms with Crippen molar-refractivity contribution in [2.75, 3.05) is 6.61 Å². The molecule has 0 aromatic rings. The molecule has 0 aliphatic heterocycles. The second kappa shape index (κ2) is 13.5. The van der Waals surface area contributed by atoms with Crippen molar-refractivity contribution in [1.29, 1.82) is 0 Å². The first-order chi connectivity index (χ1) is 9.61. The zero-order chi connectivity index (χ0) is 15.2. The van der Waals surface area contributed by atoms with Crippen molar-refractivity contribution in [3.63, 3.8) is 0 Å². The monoisotopic (exact) mass is 284 g/mol. The molecule has 0 radical (unpaired) electrons. The number of ether oxygens (including phenoxy) is 1. The van der Waals surface area contributed by atoms with Gasteiger partial charge in [0.2, 0.25) is 0 Å². The van der Waals surface area contributed by atoms with E-state index in [1.165, 1.54) is 57.8 Å². The Bertz CT molecular complexity index is 213. The van der Waals surface area contributed by atoms with E-state index in [-0.39, 0.29) is 11.9 Å². The molecule has 120 valence electrons. The summed E-state index contributed by atoms with van der Waals surface area (Å²) in [5.74, 6) is 0.782. The molecule has 0 saturated carbocycles. The molecular weight excluding hydrogens is 248 g/mol. The van der Waals surface area contributed by atoms with E-state index in [9.17, 15) is 4.79 Å². The van der Waals surface area contributed by atoms with Gasteiger partial charge in [0.1, 0.15) is 0 Å². The summed E-state index contributed by atoms with van der Waals surface area (Å²) in [5.41, 5.74) is 0. The van der Waals surface area contributed by atoms with Gasteiger partial charge in [-0.1, -0.05) is 79.1 Å². The predicted octanol–water partition coefficient (Wildman–Crippen LogP) is 5.74. The average Bonchev–Trinajstić information content (AvgIpc) is 2.42. The van der Waals surface area contributed by atoms with Crippen LogP contribution >= 0.6 is 0 Å². The SMILES string of the molecule is CCCCCC(CCCCC)CCCOC(=O)C(C)C. The molecule has 0 aliphatic rings. The van der Waals surface area contributed by atoms with Gasteiger partial charge in [0, 0.05) is 0 Å². The number of unbranched alkanes of at least 4 members (excludes halogenated alkanes) is 4. The number of esters is 1. The topological polar surface area (TPSA) is 26.3 Å². The van der Waals surface area contributed by atoms with E-state index >= 15 is 0 Å². The Labute approximate surface area is 126 Å². The third kappa shape index (κ3) is 11.3. The molecular formula is C18H36O2. The van der Waals surface area contributed by atoms with Crippen LogP contribution in [0.1, 0.15) is 91.9 Å². The highest BCUT2D eigenvalue weighted by atomic mass is 16.5. The second-order valence-electron chi connectivity index (χ2n) is 6.32. The maximum absolute atomic E-state index is 11.4. The minimum absolute atomic E-state index is 0.0000876. The van der Waals surface area contributed by atoms with Crippen LogP contribution in [0, 0.1) is 11.8 Å². The molecule has 0 spiro atoms. The molecule has 0 aromatic carbocycles. The van der Waals surface area contributed by atoms with Crippen LogP contribution in [-0.4, -0.2) is 12.6 Å². The fourth-order valence-electron chi connectivity index (χ4n) is 2.51. The van der Waals surface area contributed by atoms with Gasteiger partial charge in [-0.15, -0.1) is 0 Å². The Morgan fingerprint density at radius 2 is 1.35 bits per heavy atom. The van der Waals surface area contributed by atoms with Gasteiger partial charge in [-0.3, -0.25) is 4.79 Å². The number of carbonyl (C=O) groups excluding carboxylic acids is 1. The van der Waals surface area contributed by atoms with Crippen molar-refractivity contribution in [2.24, 2.45) is 11.8 Å². The lowest BCUT2D eigenvalue weighted by Crippen LogP contribution is -2.13. The first-order valence-corrected chi connectivity index (χ1v) is 8.78. The van der Waals surface area contributed by atoms with E-state index in [0.717, 1.165) is 12.3 Å². The highest BCUT2D eigenvalue weighted by Gasteiger charge is 2.10. The standard InChI is InChI=1S/C18H36O2/c1-5-7-9-12-17(13-10-8-6-2)14-11-15-20-18(19)16(3)4/h16-17H,5-15H2,1-4H3. The molecule has 0 aromatic heterocycles. The van der Waals surface area contributed by atoms with Crippen LogP contribution < -0.4 is 0 Å². The Balaban J connectivity index is 3.80. The Morgan fingerprint density at radius 3 is 1.80 bits per heavy atom. The minimum Gasteiger partial charge on any atom is -0.465 e. The lowest BCUT2D eigenvalue weighted by atomic mass is 9.91. The van der Waals surface area contributed by atoms with Crippen LogP contribution in [-0.2, 0) is 9.53 Å². The van der Waals surface area contributed by atoms with Crippen molar-refractivity contribution in [2.45, 2.75) is 91.9 Å². The average molecular weight is 284 g/mol. The summed E-state index contributed by atoms with van der Waals surface area (Å²) in [7, 11) is 0. The Morgan fingerprint density at radius 1 is 0.850 bits per heavy atom. The third-order valence-corrected chi connectivity index (χ3v) is 3.90. The zero-order valence-electron chi connectivity index (χ0n) is 14.2. The van der Waals surface area contributed by atoms with E-state index in [0.29, 0.717) is 6.61 Å². The van der Waals surface area contributed by atoms with Crippen LogP contribution in [0.25, 0.3) is 0 Å². The summed E-state index contributed by atoms with van der Waals surface area (Å²) in [4.78, 5) is 11.4. The van der Waals surface area contributed by atoms with E-state index < -0.39 is 0 Å². The lowest BCUT2D eigenvalue weighted by molar-refractivity contribution is -0.147. The first kappa shape index (κ1) is 19.5. The van der Waals surface area contributed by atoms with Crippen LogP contribution in [0.5, 0.6) is 0 Å². The van der Waals surface area contributed by atoms with Gasteiger partial charge < -0.3 is 4.74 Å². The normalized spacial score (nSPS) is 11.3. The van der Waals surface area contributed by atoms with Gasteiger partial charge in [-0.25, -0.2) is 0 Å². The molecule has 2 nitrogen and oxygen atoms in total. The van der Waals surface area contributed by atoms with Gasteiger partial charge in [0.15, 0.2) is 0 Å². The van der Waals surface area contributed by atoms with Crippen molar-refractivity contribution in [1.82, 2.24) is 0 Å². The first-order valence-electron chi connectivity index (χ1n) is 8.78. The number of hydrogen-bond acceptors (Lipinski definition) is 2. The molecule has 0 N–H and O–H groups in total. The molecule has 0 atom stereocenters. The fourth-order valence-corrected chi connectivity index (χ4v) is 2.51. The van der Waals surface area contributed by atoms with Gasteiger partial charge in [0.05, 0.1) is 12.5 Å². The molecule has 2 heteroatoms. The van der Waals surface area contributed by atoms with Crippen LogP contribution in [0.3, 0.4) is 0 Å². The molecule has 0 unspecified atom stereocenters. The fraction of sp³-hybridized carbons (Fsp3) is 0.944. The van der Waals surface area contributed by atoms with Crippen LogP contribution in [0.2, 0.25) is 0 Å². The number of rotatable bonds is 13. The van der Waals surface area contributed by atoms with E-state index in [1.807, 2.05) is 13.8 Å². The minimum atomic E-state index is -0.0569. The summed E-state index contributed by atoms with van der Waals surface area (Å²) in [6, 6.07) is 0. The van der Waals surface area contributed by atoms with E-state index in [2.05, 4.69) is 13.8 Å².